The molecule has 1 aromatic rings. The van der Waals surface area contributed by atoms with E-state index in [2.05, 4.69) is 60.6 Å². The fourth-order valence-corrected chi connectivity index (χ4v) is 2.37. The number of hydrogen-bond donors (Lipinski definition) is 2. The van der Waals surface area contributed by atoms with Gasteiger partial charge in [0.05, 0.1) is 0 Å². The number of nitrogens with zero attached hydrogens (tertiary/aromatic N) is 1. The number of aryl methyl sites for hydroxylation is 1. The summed E-state index contributed by atoms with van der Waals surface area (Å²) in [6, 6.07) is 8.62. The first-order valence-electron chi connectivity index (χ1n) is 6.84. The molecule has 0 atom stereocenters. The Balaban J connectivity index is 1.89. The molecule has 1 fully saturated rings. The van der Waals surface area contributed by atoms with E-state index < -0.39 is 0 Å². The maximum Gasteiger partial charge on any atom is 0.0340 e. The lowest BCUT2D eigenvalue weighted by Gasteiger charge is -2.41. The van der Waals surface area contributed by atoms with E-state index in [1.165, 1.54) is 11.3 Å². The topological polar surface area (TPSA) is 27.3 Å². The van der Waals surface area contributed by atoms with Gasteiger partial charge in [0.2, 0.25) is 0 Å². The van der Waals surface area contributed by atoms with Crippen LogP contribution in [0.2, 0.25) is 0 Å². The molecule has 2 rings (SSSR count). The predicted octanol–water partition coefficient (Wildman–Crippen LogP) is 2.09. The second-order valence-electron chi connectivity index (χ2n) is 5.77. The first-order valence-corrected chi connectivity index (χ1v) is 6.84. The van der Waals surface area contributed by atoms with Crippen LogP contribution in [0.3, 0.4) is 0 Å². The zero-order valence-electron chi connectivity index (χ0n) is 11.8. The monoisotopic (exact) mass is 247 g/mol. The van der Waals surface area contributed by atoms with Crippen molar-refractivity contribution < 1.29 is 0 Å². The summed E-state index contributed by atoms with van der Waals surface area (Å²) in [5.74, 6) is 0. The standard InChI is InChI=1S/C15H25N3/c1-13-4-6-14(7-5-13)17-12-15(2,3)18-10-8-16-9-11-18/h4-7,16-17H,8-12H2,1-3H3. The highest BCUT2D eigenvalue weighted by Gasteiger charge is 2.27. The van der Waals surface area contributed by atoms with Crippen molar-refractivity contribution in [2.75, 3.05) is 38.0 Å². The van der Waals surface area contributed by atoms with E-state index in [9.17, 15) is 0 Å². The third-order valence-corrected chi connectivity index (χ3v) is 3.75. The minimum absolute atomic E-state index is 0.201. The lowest BCUT2D eigenvalue weighted by Crippen LogP contribution is -2.56. The van der Waals surface area contributed by atoms with Gasteiger partial charge in [-0.1, -0.05) is 17.7 Å². The fourth-order valence-electron chi connectivity index (χ4n) is 2.37. The second-order valence-corrected chi connectivity index (χ2v) is 5.77. The van der Waals surface area contributed by atoms with Gasteiger partial charge < -0.3 is 10.6 Å². The predicted molar refractivity (Wildman–Crippen MR) is 78.2 cm³/mol. The fraction of sp³-hybridized carbons (Fsp3) is 0.600. The van der Waals surface area contributed by atoms with Gasteiger partial charge in [-0.05, 0) is 32.9 Å². The number of piperazine rings is 1. The van der Waals surface area contributed by atoms with Crippen molar-refractivity contribution in [1.82, 2.24) is 10.2 Å². The highest BCUT2D eigenvalue weighted by Crippen LogP contribution is 2.17. The summed E-state index contributed by atoms with van der Waals surface area (Å²) < 4.78 is 0. The SMILES string of the molecule is Cc1ccc(NCC(C)(C)N2CCNCC2)cc1. The summed E-state index contributed by atoms with van der Waals surface area (Å²) in [5.41, 5.74) is 2.72. The van der Waals surface area contributed by atoms with Crippen LogP contribution in [0.4, 0.5) is 5.69 Å². The summed E-state index contributed by atoms with van der Waals surface area (Å²) >= 11 is 0. The average molecular weight is 247 g/mol. The molecule has 0 radical (unpaired) electrons. The molecule has 0 amide bonds. The van der Waals surface area contributed by atoms with Crippen LogP contribution in [0, 0.1) is 6.92 Å². The molecule has 2 N–H and O–H groups in total. The number of hydrogen-bond acceptors (Lipinski definition) is 3. The van der Waals surface area contributed by atoms with Gasteiger partial charge in [0.15, 0.2) is 0 Å². The van der Waals surface area contributed by atoms with Gasteiger partial charge in [-0.2, -0.15) is 0 Å². The molecular formula is C15H25N3. The average Bonchev–Trinajstić information content (AvgIpc) is 2.39. The molecule has 0 saturated carbocycles. The van der Waals surface area contributed by atoms with Crippen LogP contribution in [-0.2, 0) is 0 Å². The van der Waals surface area contributed by atoms with Crippen LogP contribution >= 0.6 is 0 Å². The van der Waals surface area contributed by atoms with Crippen molar-refractivity contribution in [3.63, 3.8) is 0 Å². The molecule has 3 nitrogen and oxygen atoms in total. The van der Waals surface area contributed by atoms with Crippen molar-refractivity contribution in [1.29, 1.82) is 0 Å². The Hall–Kier alpha value is -1.06. The Labute approximate surface area is 111 Å². The largest absolute Gasteiger partial charge is 0.383 e. The first-order chi connectivity index (χ1) is 8.58. The molecule has 18 heavy (non-hydrogen) atoms. The lowest BCUT2D eigenvalue weighted by atomic mass is 10.0. The third kappa shape index (κ3) is 3.47. The molecule has 100 valence electrons. The van der Waals surface area contributed by atoms with Crippen molar-refractivity contribution in [3.05, 3.63) is 29.8 Å². The zero-order valence-corrected chi connectivity index (χ0v) is 11.8. The van der Waals surface area contributed by atoms with Crippen LogP contribution in [0.1, 0.15) is 19.4 Å². The Bertz CT molecular complexity index is 364. The van der Waals surface area contributed by atoms with Gasteiger partial charge in [0.1, 0.15) is 0 Å². The van der Waals surface area contributed by atoms with Gasteiger partial charge >= 0.3 is 0 Å². The highest BCUT2D eigenvalue weighted by atomic mass is 15.2. The van der Waals surface area contributed by atoms with E-state index in [1.54, 1.807) is 0 Å². The maximum atomic E-state index is 3.55. The Kier molecular flexibility index (Phi) is 4.25. The molecule has 1 heterocycles. The molecule has 1 aliphatic heterocycles. The van der Waals surface area contributed by atoms with E-state index in [-0.39, 0.29) is 5.54 Å². The van der Waals surface area contributed by atoms with Crippen LogP contribution < -0.4 is 10.6 Å². The number of nitrogens with one attached hydrogen (secondary N) is 2. The normalized spacial score (nSPS) is 17.7. The zero-order chi connectivity index (χ0) is 13.0. The smallest absolute Gasteiger partial charge is 0.0340 e. The molecular weight excluding hydrogens is 222 g/mol. The number of rotatable bonds is 4. The number of anilines is 1. The minimum atomic E-state index is 0.201. The van der Waals surface area contributed by atoms with Gasteiger partial charge in [-0.25, -0.2) is 0 Å². The minimum Gasteiger partial charge on any atom is -0.383 e. The molecule has 1 aliphatic rings. The van der Waals surface area contributed by atoms with Gasteiger partial charge in [0, 0.05) is 44.0 Å². The quantitative estimate of drug-likeness (QED) is 0.853. The van der Waals surface area contributed by atoms with E-state index in [1.807, 2.05) is 0 Å². The molecule has 3 heteroatoms. The third-order valence-electron chi connectivity index (χ3n) is 3.75. The molecule has 0 spiro atoms. The van der Waals surface area contributed by atoms with Crippen LogP contribution in [0.5, 0.6) is 0 Å². The summed E-state index contributed by atoms with van der Waals surface area (Å²) in [6.45, 7) is 12.2. The van der Waals surface area contributed by atoms with Crippen molar-refractivity contribution in [2.45, 2.75) is 26.3 Å². The van der Waals surface area contributed by atoms with Gasteiger partial charge in [0.25, 0.3) is 0 Å². The summed E-state index contributed by atoms with van der Waals surface area (Å²) in [5, 5.41) is 6.95. The van der Waals surface area contributed by atoms with Crippen molar-refractivity contribution in [3.8, 4) is 0 Å². The summed E-state index contributed by atoms with van der Waals surface area (Å²) in [7, 11) is 0. The van der Waals surface area contributed by atoms with E-state index in [4.69, 9.17) is 0 Å². The molecule has 1 saturated heterocycles. The molecule has 0 aliphatic carbocycles. The van der Waals surface area contributed by atoms with E-state index >= 15 is 0 Å². The highest BCUT2D eigenvalue weighted by molar-refractivity contribution is 5.44. The van der Waals surface area contributed by atoms with Crippen LogP contribution in [0.15, 0.2) is 24.3 Å². The maximum absolute atomic E-state index is 3.55. The lowest BCUT2D eigenvalue weighted by molar-refractivity contribution is 0.114. The first kappa shape index (κ1) is 13.4. The Morgan fingerprint density at radius 1 is 1.17 bits per heavy atom. The molecule has 0 bridgehead atoms. The van der Waals surface area contributed by atoms with Gasteiger partial charge in [-0.3, -0.25) is 4.90 Å². The molecule has 1 aromatic carbocycles. The molecule has 0 aromatic heterocycles. The molecule has 0 unspecified atom stereocenters. The van der Waals surface area contributed by atoms with Crippen molar-refractivity contribution >= 4 is 5.69 Å². The van der Waals surface area contributed by atoms with Crippen LogP contribution in [-0.4, -0.2) is 43.2 Å². The summed E-state index contributed by atoms with van der Waals surface area (Å²) in [4.78, 5) is 2.56. The van der Waals surface area contributed by atoms with E-state index in [0.717, 1.165) is 32.7 Å². The van der Waals surface area contributed by atoms with Crippen LogP contribution in [0.25, 0.3) is 0 Å². The Morgan fingerprint density at radius 3 is 2.39 bits per heavy atom. The number of benzene rings is 1. The summed E-state index contributed by atoms with van der Waals surface area (Å²) in [6.07, 6.45) is 0. The second kappa shape index (κ2) is 5.72. The van der Waals surface area contributed by atoms with E-state index in [0.29, 0.717) is 0 Å². The van der Waals surface area contributed by atoms with Gasteiger partial charge in [-0.15, -0.1) is 0 Å². The van der Waals surface area contributed by atoms with Crippen molar-refractivity contribution in [2.24, 2.45) is 0 Å². The Morgan fingerprint density at radius 2 is 1.78 bits per heavy atom.